The van der Waals surface area contributed by atoms with E-state index >= 15 is 0 Å². The first kappa shape index (κ1) is 9.21. The molecule has 5 heteroatoms. The number of nitro groups is 1. The lowest BCUT2D eigenvalue weighted by Crippen LogP contribution is -2.06. The molecule has 1 saturated carbocycles. The van der Waals surface area contributed by atoms with Crippen molar-refractivity contribution >= 4 is 5.88 Å². The summed E-state index contributed by atoms with van der Waals surface area (Å²) in [6.07, 6.45) is 0. The standard InChI is InChI=1S/C9H12N2O3/c1-9(2)7(8(9)10)5-3-4-6(14-5)11(12)13/h3-4,7-8H,10H2,1-2H3/t7-,8-/m1/s1. The molecule has 1 heterocycles. The first-order chi connectivity index (χ1) is 6.44. The smallest absolute Gasteiger partial charge is 0.405 e. The molecular weight excluding hydrogens is 184 g/mol. The SMILES string of the molecule is CC1(C)[C@H](N)[C@H]1c1ccc([N+](=O)[O-])o1. The average Bonchev–Trinajstić information content (AvgIpc) is 2.55. The van der Waals surface area contributed by atoms with E-state index in [0.29, 0.717) is 5.76 Å². The van der Waals surface area contributed by atoms with Crippen molar-refractivity contribution < 1.29 is 9.34 Å². The lowest BCUT2D eigenvalue weighted by atomic mass is 10.1. The highest BCUT2D eigenvalue weighted by Crippen LogP contribution is 2.57. The number of nitrogens with two attached hydrogens (primary N) is 1. The van der Waals surface area contributed by atoms with E-state index in [4.69, 9.17) is 10.2 Å². The molecule has 0 spiro atoms. The Balaban J connectivity index is 2.24. The molecule has 0 radical (unpaired) electrons. The largest absolute Gasteiger partial charge is 0.433 e. The molecule has 1 aromatic rings. The predicted octanol–water partition coefficient (Wildman–Crippen LogP) is 1.64. The Morgan fingerprint density at radius 1 is 1.57 bits per heavy atom. The summed E-state index contributed by atoms with van der Waals surface area (Å²) in [5.74, 6) is 0.514. The van der Waals surface area contributed by atoms with E-state index in [0.717, 1.165) is 0 Å². The second-order valence-electron chi connectivity index (χ2n) is 4.26. The second kappa shape index (κ2) is 2.57. The molecule has 0 amide bonds. The predicted molar refractivity (Wildman–Crippen MR) is 49.9 cm³/mol. The Morgan fingerprint density at radius 2 is 2.14 bits per heavy atom. The molecule has 0 bridgehead atoms. The van der Waals surface area contributed by atoms with Gasteiger partial charge in [-0.05, 0) is 11.5 Å². The van der Waals surface area contributed by atoms with Gasteiger partial charge in [0.25, 0.3) is 0 Å². The van der Waals surface area contributed by atoms with E-state index in [1.165, 1.54) is 6.07 Å². The minimum absolute atomic E-state index is 0.00821. The Morgan fingerprint density at radius 3 is 2.50 bits per heavy atom. The van der Waals surface area contributed by atoms with Crippen molar-refractivity contribution in [1.82, 2.24) is 0 Å². The third kappa shape index (κ3) is 1.13. The van der Waals surface area contributed by atoms with Crippen LogP contribution >= 0.6 is 0 Å². The molecule has 14 heavy (non-hydrogen) atoms. The van der Waals surface area contributed by atoms with Gasteiger partial charge in [-0.25, -0.2) is 0 Å². The molecule has 2 atom stereocenters. The Bertz CT molecular complexity index is 383. The molecule has 0 unspecified atom stereocenters. The maximum Gasteiger partial charge on any atom is 0.433 e. The van der Waals surface area contributed by atoms with Crippen LogP contribution in [0.15, 0.2) is 16.5 Å². The van der Waals surface area contributed by atoms with Gasteiger partial charge in [0.1, 0.15) is 10.7 Å². The van der Waals surface area contributed by atoms with Gasteiger partial charge in [-0.2, -0.15) is 0 Å². The van der Waals surface area contributed by atoms with Crippen LogP contribution in [0.1, 0.15) is 25.5 Å². The number of furan rings is 1. The highest BCUT2D eigenvalue weighted by Gasteiger charge is 2.58. The molecule has 0 saturated heterocycles. The van der Waals surface area contributed by atoms with Crippen LogP contribution < -0.4 is 5.73 Å². The van der Waals surface area contributed by atoms with Crippen LogP contribution in [-0.4, -0.2) is 11.0 Å². The van der Waals surface area contributed by atoms with Crippen molar-refractivity contribution in [3.63, 3.8) is 0 Å². The van der Waals surface area contributed by atoms with Crippen molar-refractivity contribution in [3.8, 4) is 0 Å². The van der Waals surface area contributed by atoms with Gasteiger partial charge >= 0.3 is 5.88 Å². The van der Waals surface area contributed by atoms with Crippen LogP contribution in [0.3, 0.4) is 0 Å². The van der Waals surface area contributed by atoms with Gasteiger partial charge in [0.2, 0.25) is 0 Å². The van der Waals surface area contributed by atoms with Crippen LogP contribution in [0.5, 0.6) is 0 Å². The van der Waals surface area contributed by atoms with Gasteiger partial charge in [0.15, 0.2) is 0 Å². The van der Waals surface area contributed by atoms with Crippen molar-refractivity contribution in [1.29, 1.82) is 0 Å². The molecule has 0 aliphatic heterocycles. The highest BCUT2D eigenvalue weighted by atomic mass is 16.6. The number of nitrogens with zero attached hydrogens (tertiary/aromatic N) is 1. The maximum absolute atomic E-state index is 10.4. The summed E-state index contributed by atoms with van der Waals surface area (Å²) in [4.78, 5) is 9.84. The zero-order chi connectivity index (χ0) is 10.5. The summed E-state index contributed by atoms with van der Waals surface area (Å²) >= 11 is 0. The Labute approximate surface area is 81.0 Å². The zero-order valence-corrected chi connectivity index (χ0v) is 8.06. The van der Waals surface area contributed by atoms with Crippen LogP contribution in [0, 0.1) is 15.5 Å². The fourth-order valence-electron chi connectivity index (χ4n) is 1.83. The molecule has 76 valence electrons. The minimum atomic E-state index is -0.537. The third-order valence-corrected chi connectivity index (χ3v) is 3.01. The zero-order valence-electron chi connectivity index (χ0n) is 8.06. The van der Waals surface area contributed by atoms with E-state index in [-0.39, 0.29) is 23.3 Å². The topological polar surface area (TPSA) is 82.3 Å². The number of hydrogen-bond acceptors (Lipinski definition) is 4. The van der Waals surface area contributed by atoms with Crippen molar-refractivity contribution in [3.05, 3.63) is 28.0 Å². The second-order valence-corrected chi connectivity index (χ2v) is 4.26. The van der Waals surface area contributed by atoms with Gasteiger partial charge in [0.05, 0.1) is 6.07 Å². The molecule has 1 fully saturated rings. The van der Waals surface area contributed by atoms with Gasteiger partial charge in [-0.15, -0.1) is 0 Å². The summed E-state index contributed by atoms with van der Waals surface area (Å²) in [6.45, 7) is 4.05. The van der Waals surface area contributed by atoms with Crippen molar-refractivity contribution in [2.75, 3.05) is 0 Å². The normalized spacial score (nSPS) is 28.8. The fourth-order valence-corrected chi connectivity index (χ4v) is 1.83. The maximum atomic E-state index is 10.4. The van der Waals surface area contributed by atoms with E-state index in [2.05, 4.69) is 0 Å². The van der Waals surface area contributed by atoms with Gasteiger partial charge in [0, 0.05) is 12.0 Å². The lowest BCUT2D eigenvalue weighted by Gasteiger charge is -1.96. The van der Waals surface area contributed by atoms with Gasteiger partial charge in [-0.1, -0.05) is 13.8 Å². The summed E-state index contributed by atoms with van der Waals surface area (Å²) in [7, 11) is 0. The highest BCUT2D eigenvalue weighted by molar-refractivity contribution is 5.31. The fraction of sp³-hybridized carbons (Fsp3) is 0.556. The number of hydrogen-bond donors (Lipinski definition) is 1. The van der Waals surface area contributed by atoms with E-state index in [9.17, 15) is 10.1 Å². The van der Waals surface area contributed by atoms with Crippen LogP contribution in [0.2, 0.25) is 0 Å². The van der Waals surface area contributed by atoms with Crippen molar-refractivity contribution in [2.24, 2.45) is 11.1 Å². The van der Waals surface area contributed by atoms with Crippen LogP contribution in [0.4, 0.5) is 5.88 Å². The van der Waals surface area contributed by atoms with Gasteiger partial charge in [-0.3, -0.25) is 10.1 Å². The molecule has 2 rings (SSSR count). The first-order valence-electron chi connectivity index (χ1n) is 4.44. The molecule has 2 N–H and O–H groups in total. The average molecular weight is 196 g/mol. The Hall–Kier alpha value is -1.36. The monoisotopic (exact) mass is 196 g/mol. The van der Waals surface area contributed by atoms with E-state index in [1.54, 1.807) is 6.07 Å². The summed E-state index contributed by atoms with van der Waals surface area (Å²) in [5, 5.41) is 10.4. The number of rotatable bonds is 2. The molecule has 1 aliphatic carbocycles. The van der Waals surface area contributed by atoms with Crippen LogP contribution in [0.25, 0.3) is 0 Å². The van der Waals surface area contributed by atoms with Crippen LogP contribution in [-0.2, 0) is 0 Å². The summed E-state index contributed by atoms with van der Waals surface area (Å²) in [5.41, 5.74) is 5.82. The van der Waals surface area contributed by atoms with Crippen molar-refractivity contribution in [2.45, 2.75) is 25.8 Å². The lowest BCUT2D eigenvalue weighted by molar-refractivity contribution is -0.402. The first-order valence-corrected chi connectivity index (χ1v) is 4.44. The molecule has 5 nitrogen and oxygen atoms in total. The molecule has 0 aromatic carbocycles. The summed E-state index contributed by atoms with van der Waals surface area (Å²) < 4.78 is 5.10. The third-order valence-electron chi connectivity index (χ3n) is 3.01. The Kier molecular flexibility index (Phi) is 1.69. The van der Waals surface area contributed by atoms with Gasteiger partial charge < -0.3 is 10.2 Å². The summed E-state index contributed by atoms with van der Waals surface area (Å²) in [6, 6.07) is 3.04. The minimum Gasteiger partial charge on any atom is -0.405 e. The van der Waals surface area contributed by atoms with E-state index in [1.807, 2.05) is 13.8 Å². The molecule has 1 aromatic heterocycles. The molecule has 1 aliphatic rings. The quantitative estimate of drug-likeness (QED) is 0.575. The molecular formula is C9H12N2O3. The van der Waals surface area contributed by atoms with E-state index < -0.39 is 4.92 Å².